The van der Waals surface area contributed by atoms with Crippen molar-refractivity contribution in [2.75, 3.05) is 38.0 Å². The minimum atomic E-state index is -3.40. The number of benzene rings is 1. The van der Waals surface area contributed by atoms with Crippen LogP contribution >= 0.6 is 11.3 Å². The number of hydrogen-bond acceptors (Lipinski definition) is 5. The topological polar surface area (TPSA) is 69.7 Å². The molecule has 1 aliphatic rings. The molecule has 1 aromatic carbocycles. The molecule has 1 amide bonds. The zero-order valence-corrected chi connectivity index (χ0v) is 16.4. The molecule has 1 saturated heterocycles. The van der Waals surface area contributed by atoms with Crippen LogP contribution in [0.1, 0.15) is 12.5 Å². The molecule has 8 heteroatoms. The monoisotopic (exact) mass is 393 g/mol. The summed E-state index contributed by atoms with van der Waals surface area (Å²) in [7, 11) is -3.40. The van der Waals surface area contributed by atoms with Gasteiger partial charge in [0.05, 0.1) is 6.54 Å². The summed E-state index contributed by atoms with van der Waals surface area (Å²) in [5, 5.41) is 4.66. The molecule has 26 heavy (non-hydrogen) atoms. The first kappa shape index (κ1) is 19.0. The van der Waals surface area contributed by atoms with Gasteiger partial charge in [-0.25, -0.2) is 8.42 Å². The highest BCUT2D eigenvalue weighted by Crippen LogP contribution is 2.22. The second-order valence-corrected chi connectivity index (χ2v) is 9.32. The second kappa shape index (κ2) is 8.30. The Hall–Kier alpha value is -1.74. The molecule has 1 aromatic heterocycles. The fourth-order valence-electron chi connectivity index (χ4n) is 2.89. The van der Waals surface area contributed by atoms with Crippen LogP contribution in [0, 0.1) is 0 Å². The SMILES string of the molecule is CCc1ccc(NC(=O)CN2CCN(S(=O)(=O)c3cccs3)CC2)cc1. The fraction of sp³-hybridized carbons (Fsp3) is 0.389. The lowest BCUT2D eigenvalue weighted by Gasteiger charge is -2.33. The maximum Gasteiger partial charge on any atom is 0.252 e. The van der Waals surface area contributed by atoms with Crippen LogP contribution in [-0.4, -0.2) is 56.3 Å². The molecule has 0 spiro atoms. The van der Waals surface area contributed by atoms with Crippen molar-refractivity contribution in [3.05, 3.63) is 47.3 Å². The summed E-state index contributed by atoms with van der Waals surface area (Å²) in [6.07, 6.45) is 0.965. The van der Waals surface area contributed by atoms with Crippen molar-refractivity contribution in [1.82, 2.24) is 9.21 Å². The van der Waals surface area contributed by atoms with E-state index in [0.717, 1.165) is 12.1 Å². The smallest absolute Gasteiger partial charge is 0.252 e. The van der Waals surface area contributed by atoms with E-state index in [1.165, 1.54) is 21.2 Å². The maximum absolute atomic E-state index is 12.5. The minimum Gasteiger partial charge on any atom is -0.325 e. The Bertz CT molecular complexity index is 825. The summed E-state index contributed by atoms with van der Waals surface area (Å²) in [5.41, 5.74) is 2.01. The minimum absolute atomic E-state index is 0.0798. The van der Waals surface area contributed by atoms with Gasteiger partial charge in [0.15, 0.2) is 0 Å². The molecule has 0 unspecified atom stereocenters. The molecule has 0 aliphatic carbocycles. The first-order valence-electron chi connectivity index (χ1n) is 8.64. The largest absolute Gasteiger partial charge is 0.325 e. The predicted octanol–water partition coefficient (Wildman–Crippen LogP) is 2.26. The highest BCUT2D eigenvalue weighted by molar-refractivity contribution is 7.91. The molecule has 3 rings (SSSR count). The number of nitrogens with zero attached hydrogens (tertiary/aromatic N) is 2. The van der Waals surface area contributed by atoms with E-state index < -0.39 is 10.0 Å². The number of sulfonamides is 1. The summed E-state index contributed by atoms with van der Waals surface area (Å²) < 4.78 is 26.9. The summed E-state index contributed by atoms with van der Waals surface area (Å²) in [5.74, 6) is -0.0798. The molecule has 140 valence electrons. The van der Waals surface area contributed by atoms with Crippen molar-refractivity contribution in [1.29, 1.82) is 0 Å². The van der Waals surface area contributed by atoms with E-state index in [2.05, 4.69) is 12.2 Å². The lowest BCUT2D eigenvalue weighted by Crippen LogP contribution is -2.50. The number of piperazine rings is 1. The summed E-state index contributed by atoms with van der Waals surface area (Å²) in [6, 6.07) is 11.2. The van der Waals surface area contributed by atoms with E-state index in [0.29, 0.717) is 30.4 Å². The maximum atomic E-state index is 12.5. The third kappa shape index (κ3) is 4.50. The molecular formula is C18H23N3O3S2. The number of nitrogens with one attached hydrogen (secondary N) is 1. The van der Waals surface area contributed by atoms with Crippen molar-refractivity contribution in [2.45, 2.75) is 17.6 Å². The van der Waals surface area contributed by atoms with Crippen LogP contribution in [0.25, 0.3) is 0 Å². The Morgan fingerprint density at radius 3 is 2.38 bits per heavy atom. The zero-order chi connectivity index (χ0) is 18.6. The molecule has 0 saturated carbocycles. The quantitative estimate of drug-likeness (QED) is 0.817. The van der Waals surface area contributed by atoms with Crippen LogP contribution in [-0.2, 0) is 21.2 Å². The van der Waals surface area contributed by atoms with Crippen molar-refractivity contribution in [3.8, 4) is 0 Å². The van der Waals surface area contributed by atoms with Gasteiger partial charge in [-0.05, 0) is 35.6 Å². The first-order valence-corrected chi connectivity index (χ1v) is 11.0. The van der Waals surface area contributed by atoms with Gasteiger partial charge in [0.25, 0.3) is 10.0 Å². The molecule has 6 nitrogen and oxygen atoms in total. The summed E-state index contributed by atoms with van der Waals surface area (Å²) in [4.78, 5) is 14.2. The number of carbonyl (C=O) groups is 1. The van der Waals surface area contributed by atoms with Crippen molar-refractivity contribution in [2.24, 2.45) is 0 Å². The number of anilines is 1. The predicted molar refractivity (Wildman–Crippen MR) is 104 cm³/mol. The average Bonchev–Trinajstić information content (AvgIpc) is 3.18. The zero-order valence-electron chi connectivity index (χ0n) is 14.7. The van der Waals surface area contributed by atoms with E-state index in [-0.39, 0.29) is 12.5 Å². The number of amides is 1. The van der Waals surface area contributed by atoms with Crippen LogP contribution in [0.15, 0.2) is 46.0 Å². The van der Waals surface area contributed by atoms with Gasteiger partial charge < -0.3 is 5.32 Å². The molecular weight excluding hydrogens is 370 g/mol. The lowest BCUT2D eigenvalue weighted by molar-refractivity contribution is -0.117. The van der Waals surface area contributed by atoms with Gasteiger partial charge >= 0.3 is 0 Å². The van der Waals surface area contributed by atoms with Gasteiger partial charge in [-0.2, -0.15) is 4.31 Å². The van der Waals surface area contributed by atoms with Crippen molar-refractivity contribution >= 4 is 33.0 Å². The van der Waals surface area contributed by atoms with Gasteiger partial charge in [0.1, 0.15) is 4.21 Å². The van der Waals surface area contributed by atoms with Crippen LogP contribution in [0.5, 0.6) is 0 Å². The van der Waals surface area contributed by atoms with E-state index in [4.69, 9.17) is 0 Å². The highest BCUT2D eigenvalue weighted by Gasteiger charge is 2.29. The fourth-order valence-corrected chi connectivity index (χ4v) is 5.46. The number of rotatable bonds is 6. The van der Waals surface area contributed by atoms with E-state index in [1.807, 2.05) is 29.2 Å². The third-order valence-corrected chi connectivity index (χ3v) is 7.71. The van der Waals surface area contributed by atoms with Gasteiger partial charge in [-0.3, -0.25) is 9.69 Å². The second-order valence-electron chi connectivity index (χ2n) is 6.21. The summed E-state index contributed by atoms with van der Waals surface area (Å²) >= 11 is 1.23. The Kier molecular flexibility index (Phi) is 6.08. The molecule has 1 N–H and O–H groups in total. The van der Waals surface area contributed by atoms with E-state index >= 15 is 0 Å². The highest BCUT2D eigenvalue weighted by atomic mass is 32.2. The van der Waals surface area contributed by atoms with Gasteiger partial charge in [0.2, 0.25) is 5.91 Å². The van der Waals surface area contributed by atoms with Crippen LogP contribution in [0.3, 0.4) is 0 Å². The van der Waals surface area contributed by atoms with Crippen LogP contribution in [0.2, 0.25) is 0 Å². The third-order valence-electron chi connectivity index (χ3n) is 4.43. The molecule has 1 fully saturated rings. The van der Waals surface area contributed by atoms with Crippen molar-refractivity contribution < 1.29 is 13.2 Å². The normalized spacial score (nSPS) is 16.5. The number of hydrogen-bond donors (Lipinski definition) is 1. The number of thiophene rings is 1. The Morgan fingerprint density at radius 2 is 1.81 bits per heavy atom. The first-order chi connectivity index (χ1) is 12.5. The molecule has 0 bridgehead atoms. The Labute approximate surface area is 158 Å². The molecule has 2 heterocycles. The molecule has 2 aromatic rings. The number of carbonyl (C=O) groups excluding carboxylic acids is 1. The van der Waals surface area contributed by atoms with Gasteiger partial charge in [-0.15, -0.1) is 11.3 Å². The average molecular weight is 394 g/mol. The molecule has 0 atom stereocenters. The number of aryl methyl sites for hydroxylation is 1. The Balaban J connectivity index is 1.49. The molecule has 0 radical (unpaired) electrons. The van der Waals surface area contributed by atoms with E-state index in [1.54, 1.807) is 17.5 Å². The van der Waals surface area contributed by atoms with E-state index in [9.17, 15) is 13.2 Å². The molecule has 1 aliphatic heterocycles. The van der Waals surface area contributed by atoms with Gasteiger partial charge in [-0.1, -0.05) is 25.1 Å². The Morgan fingerprint density at radius 1 is 1.12 bits per heavy atom. The van der Waals surface area contributed by atoms with Crippen LogP contribution in [0.4, 0.5) is 5.69 Å². The summed E-state index contributed by atoms with van der Waals surface area (Å²) in [6.45, 7) is 4.26. The lowest BCUT2D eigenvalue weighted by atomic mass is 10.1. The van der Waals surface area contributed by atoms with Crippen molar-refractivity contribution in [3.63, 3.8) is 0 Å². The standard InChI is InChI=1S/C18H23N3O3S2/c1-2-15-5-7-16(8-6-15)19-17(22)14-20-9-11-21(12-10-20)26(23,24)18-4-3-13-25-18/h3-8,13H,2,9-12,14H2,1H3,(H,19,22). The van der Waals surface area contributed by atoms with Crippen LogP contribution < -0.4 is 5.32 Å². The van der Waals surface area contributed by atoms with Gasteiger partial charge in [0, 0.05) is 31.9 Å².